The van der Waals surface area contributed by atoms with Crippen LogP contribution in [0.3, 0.4) is 0 Å². The summed E-state index contributed by atoms with van der Waals surface area (Å²) in [6.07, 6.45) is 3.21. The van der Waals surface area contributed by atoms with Crippen molar-refractivity contribution < 1.29 is 14.3 Å². The highest BCUT2D eigenvalue weighted by molar-refractivity contribution is 5.72. The summed E-state index contributed by atoms with van der Waals surface area (Å²) in [6.45, 7) is 2.01. The van der Waals surface area contributed by atoms with E-state index in [-0.39, 0.29) is 23.8 Å². The lowest BCUT2D eigenvalue weighted by molar-refractivity contribution is -0.144. The minimum Gasteiger partial charge on any atom is -0.481 e. The molecule has 2 saturated carbocycles. The summed E-state index contributed by atoms with van der Waals surface area (Å²) in [5, 5.41) is 12.9. The second-order valence-corrected chi connectivity index (χ2v) is 6.16. The predicted octanol–water partition coefficient (Wildman–Crippen LogP) is 2.98. The third-order valence-corrected chi connectivity index (χ3v) is 5.01. The average molecular weight is 277 g/mol. The van der Waals surface area contributed by atoms with Crippen LogP contribution >= 0.6 is 0 Å². The van der Waals surface area contributed by atoms with E-state index in [9.17, 15) is 14.3 Å². The zero-order chi connectivity index (χ0) is 14.3. The van der Waals surface area contributed by atoms with Crippen molar-refractivity contribution >= 4 is 5.97 Å². The molecular formula is C16H20FNO2. The van der Waals surface area contributed by atoms with Gasteiger partial charge < -0.3 is 10.4 Å². The zero-order valence-electron chi connectivity index (χ0n) is 11.6. The fraction of sp³-hybridized carbons (Fsp3) is 0.562. The molecule has 0 aromatic heterocycles. The van der Waals surface area contributed by atoms with Crippen LogP contribution in [0.15, 0.2) is 24.3 Å². The Morgan fingerprint density at radius 3 is 2.60 bits per heavy atom. The van der Waals surface area contributed by atoms with Gasteiger partial charge in [-0.2, -0.15) is 0 Å². The smallest absolute Gasteiger partial charge is 0.308 e. The zero-order valence-corrected chi connectivity index (χ0v) is 11.6. The molecule has 2 aliphatic carbocycles. The molecular weight excluding hydrogens is 257 g/mol. The van der Waals surface area contributed by atoms with E-state index in [1.165, 1.54) is 12.1 Å². The van der Waals surface area contributed by atoms with Gasteiger partial charge in [0, 0.05) is 12.1 Å². The van der Waals surface area contributed by atoms with Gasteiger partial charge >= 0.3 is 5.97 Å². The molecule has 3 rings (SSSR count). The number of hydrogen-bond donors (Lipinski definition) is 2. The van der Waals surface area contributed by atoms with Crippen LogP contribution in [0.4, 0.5) is 4.39 Å². The van der Waals surface area contributed by atoms with Gasteiger partial charge in [-0.1, -0.05) is 12.1 Å². The molecule has 2 aliphatic rings. The van der Waals surface area contributed by atoms with E-state index >= 15 is 0 Å². The second kappa shape index (κ2) is 5.17. The number of carbonyl (C=O) groups is 1. The fourth-order valence-electron chi connectivity index (χ4n) is 4.02. The lowest BCUT2D eigenvalue weighted by Gasteiger charge is -2.31. The summed E-state index contributed by atoms with van der Waals surface area (Å²) < 4.78 is 12.9. The maximum atomic E-state index is 12.9. The third-order valence-electron chi connectivity index (χ3n) is 5.01. The van der Waals surface area contributed by atoms with Gasteiger partial charge in [0.25, 0.3) is 0 Å². The molecule has 1 aromatic carbocycles. The highest BCUT2D eigenvalue weighted by Gasteiger charge is 2.51. The Morgan fingerprint density at radius 2 is 1.95 bits per heavy atom. The molecule has 1 aromatic rings. The van der Waals surface area contributed by atoms with E-state index in [1.54, 1.807) is 12.1 Å². The lowest BCUT2D eigenvalue weighted by Crippen LogP contribution is -2.45. The van der Waals surface area contributed by atoms with E-state index in [2.05, 4.69) is 5.32 Å². The predicted molar refractivity (Wildman–Crippen MR) is 73.7 cm³/mol. The van der Waals surface area contributed by atoms with Gasteiger partial charge in [-0.05, 0) is 55.7 Å². The highest BCUT2D eigenvalue weighted by atomic mass is 19.1. The quantitative estimate of drug-likeness (QED) is 0.889. The van der Waals surface area contributed by atoms with Crippen LogP contribution in [0.25, 0.3) is 0 Å². The van der Waals surface area contributed by atoms with Gasteiger partial charge in [0.05, 0.1) is 5.92 Å². The Kier molecular flexibility index (Phi) is 3.50. The maximum Gasteiger partial charge on any atom is 0.308 e. The number of rotatable bonds is 4. The minimum atomic E-state index is -0.680. The topological polar surface area (TPSA) is 49.3 Å². The van der Waals surface area contributed by atoms with Gasteiger partial charge in [-0.15, -0.1) is 0 Å². The molecule has 2 N–H and O–H groups in total. The molecule has 3 nitrogen and oxygen atoms in total. The van der Waals surface area contributed by atoms with Crippen molar-refractivity contribution in [2.75, 3.05) is 0 Å². The molecule has 0 spiro atoms. The lowest BCUT2D eigenvalue weighted by atomic mass is 9.84. The monoisotopic (exact) mass is 277 g/mol. The van der Waals surface area contributed by atoms with Crippen molar-refractivity contribution in [2.24, 2.45) is 17.8 Å². The molecule has 20 heavy (non-hydrogen) atoms. The van der Waals surface area contributed by atoms with Gasteiger partial charge in [0.15, 0.2) is 0 Å². The number of carboxylic acids is 1. The first-order chi connectivity index (χ1) is 9.56. The first kappa shape index (κ1) is 13.6. The maximum absolute atomic E-state index is 12.9. The Balaban J connectivity index is 1.73. The Morgan fingerprint density at radius 1 is 1.30 bits per heavy atom. The minimum absolute atomic E-state index is 0.0433. The first-order valence-corrected chi connectivity index (χ1v) is 7.30. The third kappa shape index (κ3) is 2.33. The van der Waals surface area contributed by atoms with Gasteiger partial charge in [-0.3, -0.25) is 4.79 Å². The second-order valence-electron chi connectivity index (χ2n) is 6.16. The largest absolute Gasteiger partial charge is 0.481 e. The molecule has 0 radical (unpaired) electrons. The molecule has 0 amide bonds. The van der Waals surface area contributed by atoms with E-state index < -0.39 is 5.97 Å². The number of aliphatic carboxylic acids is 1. The Bertz CT molecular complexity index is 502. The molecule has 4 heteroatoms. The van der Waals surface area contributed by atoms with Crippen molar-refractivity contribution in [3.63, 3.8) is 0 Å². The van der Waals surface area contributed by atoms with Crippen molar-refractivity contribution in [1.82, 2.24) is 5.32 Å². The van der Waals surface area contributed by atoms with E-state index in [4.69, 9.17) is 0 Å². The summed E-state index contributed by atoms with van der Waals surface area (Å²) in [4.78, 5) is 11.5. The van der Waals surface area contributed by atoms with Crippen molar-refractivity contribution in [2.45, 2.75) is 38.3 Å². The SMILES string of the molecule is CC(NC1C2CCC(C2)C1C(=O)O)c1ccc(F)cc1. The Hall–Kier alpha value is -1.42. The van der Waals surface area contributed by atoms with Crippen molar-refractivity contribution in [3.8, 4) is 0 Å². The van der Waals surface area contributed by atoms with Crippen LogP contribution in [-0.2, 0) is 4.79 Å². The van der Waals surface area contributed by atoms with E-state index in [0.29, 0.717) is 11.8 Å². The van der Waals surface area contributed by atoms with Crippen LogP contribution in [0.2, 0.25) is 0 Å². The van der Waals surface area contributed by atoms with Crippen LogP contribution in [-0.4, -0.2) is 17.1 Å². The van der Waals surface area contributed by atoms with Crippen molar-refractivity contribution in [3.05, 3.63) is 35.6 Å². The van der Waals surface area contributed by atoms with E-state index in [0.717, 1.165) is 24.8 Å². The molecule has 0 heterocycles. The van der Waals surface area contributed by atoms with Crippen LogP contribution < -0.4 is 5.32 Å². The van der Waals surface area contributed by atoms with Gasteiger partial charge in [0.1, 0.15) is 5.82 Å². The van der Waals surface area contributed by atoms with Crippen LogP contribution in [0.5, 0.6) is 0 Å². The molecule has 108 valence electrons. The van der Waals surface area contributed by atoms with Crippen molar-refractivity contribution in [1.29, 1.82) is 0 Å². The van der Waals surface area contributed by atoms with Crippen LogP contribution in [0, 0.1) is 23.6 Å². The number of fused-ring (bicyclic) bond motifs is 2. The highest BCUT2D eigenvalue weighted by Crippen LogP contribution is 2.49. The average Bonchev–Trinajstić information content (AvgIpc) is 3.00. The summed E-state index contributed by atoms with van der Waals surface area (Å²) in [5.41, 5.74) is 0.998. The summed E-state index contributed by atoms with van der Waals surface area (Å²) in [5.74, 6) is -0.388. The first-order valence-electron chi connectivity index (χ1n) is 7.30. The molecule has 2 fully saturated rings. The number of carboxylic acid groups (broad SMARTS) is 1. The molecule has 2 bridgehead atoms. The Labute approximate surface area is 118 Å². The standard InChI is InChI=1S/C16H20FNO2/c1-9(10-4-6-13(17)7-5-10)18-15-12-3-2-11(8-12)14(15)16(19)20/h4-7,9,11-12,14-15,18H,2-3,8H2,1H3,(H,19,20). The van der Waals surface area contributed by atoms with Crippen LogP contribution in [0.1, 0.15) is 37.8 Å². The number of benzene rings is 1. The number of hydrogen-bond acceptors (Lipinski definition) is 2. The summed E-state index contributed by atoms with van der Waals surface area (Å²) in [6, 6.07) is 6.51. The van der Waals surface area contributed by atoms with Gasteiger partial charge in [-0.25, -0.2) is 4.39 Å². The molecule has 0 aliphatic heterocycles. The number of halogens is 1. The fourth-order valence-corrected chi connectivity index (χ4v) is 4.02. The molecule has 0 saturated heterocycles. The summed E-state index contributed by atoms with van der Waals surface area (Å²) in [7, 11) is 0. The van der Waals surface area contributed by atoms with Gasteiger partial charge in [0.2, 0.25) is 0 Å². The van der Waals surface area contributed by atoms with E-state index in [1.807, 2.05) is 6.92 Å². The summed E-state index contributed by atoms with van der Waals surface area (Å²) >= 11 is 0. The molecule has 5 unspecified atom stereocenters. The number of nitrogens with one attached hydrogen (secondary N) is 1. The normalized spacial score (nSPS) is 33.3. The molecule has 5 atom stereocenters.